The van der Waals surface area contributed by atoms with Crippen molar-refractivity contribution < 1.29 is 4.74 Å². The van der Waals surface area contributed by atoms with Gasteiger partial charge in [0.05, 0.1) is 5.71 Å². The van der Waals surface area contributed by atoms with Crippen LogP contribution >= 0.6 is 0 Å². The summed E-state index contributed by atoms with van der Waals surface area (Å²) in [6.45, 7) is 3.90. The fourth-order valence-electron chi connectivity index (χ4n) is 1.66. The summed E-state index contributed by atoms with van der Waals surface area (Å²) in [5, 5.41) is 3.71. The van der Waals surface area contributed by atoms with Crippen molar-refractivity contribution in [3.05, 3.63) is 59.7 Å². The van der Waals surface area contributed by atoms with Gasteiger partial charge in [-0.1, -0.05) is 29.8 Å². The van der Waals surface area contributed by atoms with Gasteiger partial charge in [-0.3, -0.25) is 0 Å². The number of rotatable bonds is 3. The number of para-hydroxylation sites is 1. The Bertz CT molecular complexity index is 562. The number of hydrogen-bond acceptors (Lipinski definition) is 4. The van der Waals surface area contributed by atoms with E-state index in [1.807, 2.05) is 62.4 Å². The third-order valence-electron chi connectivity index (χ3n) is 2.72. The molecule has 4 nitrogen and oxygen atoms in total. The van der Waals surface area contributed by atoms with E-state index >= 15 is 0 Å². The van der Waals surface area contributed by atoms with E-state index in [1.165, 1.54) is 12.6 Å². The lowest BCUT2D eigenvalue weighted by Gasteiger charge is -2.10. The van der Waals surface area contributed by atoms with E-state index in [0.717, 1.165) is 22.8 Å². The molecule has 0 atom stereocenters. The van der Waals surface area contributed by atoms with Crippen molar-refractivity contribution >= 4 is 5.71 Å². The van der Waals surface area contributed by atoms with Crippen LogP contribution < -0.4 is 16.3 Å². The molecule has 2 aromatic carbocycles. The van der Waals surface area contributed by atoms with Gasteiger partial charge in [-0.15, -0.1) is 0 Å². The number of benzene rings is 2. The highest BCUT2D eigenvalue weighted by atomic mass is 16.5. The predicted molar refractivity (Wildman–Crippen MR) is 84.2 cm³/mol. The highest BCUT2D eigenvalue weighted by Gasteiger charge is 2.06. The van der Waals surface area contributed by atoms with Crippen molar-refractivity contribution in [3.63, 3.8) is 0 Å². The fraction of sp³-hybridized carbons (Fsp3) is 0.188. The first-order valence-corrected chi connectivity index (χ1v) is 6.37. The summed E-state index contributed by atoms with van der Waals surface area (Å²) in [6, 6.07) is 15.6. The van der Waals surface area contributed by atoms with Crippen molar-refractivity contribution in [1.29, 1.82) is 0 Å². The van der Waals surface area contributed by atoms with E-state index < -0.39 is 0 Å². The highest BCUT2D eigenvalue weighted by molar-refractivity contribution is 6.00. The van der Waals surface area contributed by atoms with Crippen molar-refractivity contribution in [1.82, 2.24) is 0 Å². The van der Waals surface area contributed by atoms with Crippen molar-refractivity contribution in [2.45, 2.75) is 13.8 Å². The largest absolute Gasteiger partial charge is 0.457 e. The van der Waals surface area contributed by atoms with E-state index in [2.05, 4.69) is 10.8 Å². The molecule has 0 aliphatic carbocycles. The van der Waals surface area contributed by atoms with E-state index in [0.29, 0.717) is 0 Å². The van der Waals surface area contributed by atoms with Crippen molar-refractivity contribution in [2.24, 2.45) is 16.7 Å². The zero-order chi connectivity index (χ0) is 15.0. The van der Waals surface area contributed by atoms with E-state index in [4.69, 9.17) is 10.6 Å². The molecule has 4 heteroatoms. The van der Waals surface area contributed by atoms with Gasteiger partial charge in [0.1, 0.15) is 11.5 Å². The molecule has 0 amide bonds. The van der Waals surface area contributed by atoms with E-state index in [-0.39, 0.29) is 0 Å². The van der Waals surface area contributed by atoms with Crippen LogP contribution in [0.4, 0.5) is 0 Å². The van der Waals surface area contributed by atoms with Crippen LogP contribution in [0.15, 0.2) is 53.6 Å². The van der Waals surface area contributed by atoms with Crippen LogP contribution in [-0.2, 0) is 0 Å². The standard InChI is InChI=1S/C15H16N2O.CH5N/c1-11-7-9-13(10-8-11)18-15-6-4-3-5-14(15)12(2)17-16;1-2/h3-10H,16H2,1-2H3;2H2,1H3/b17-12+;. The molecule has 4 N–H and O–H groups in total. The molecule has 0 saturated carbocycles. The summed E-state index contributed by atoms with van der Waals surface area (Å²) in [6.07, 6.45) is 0. The molecular weight excluding hydrogens is 250 g/mol. The molecule has 0 saturated heterocycles. The summed E-state index contributed by atoms with van der Waals surface area (Å²) in [4.78, 5) is 0. The second kappa shape index (κ2) is 7.96. The molecule has 2 rings (SSSR count). The van der Waals surface area contributed by atoms with Crippen molar-refractivity contribution in [3.8, 4) is 11.5 Å². The summed E-state index contributed by atoms with van der Waals surface area (Å²) in [7, 11) is 1.50. The first-order chi connectivity index (χ1) is 9.70. The van der Waals surface area contributed by atoms with Crippen LogP contribution in [0.5, 0.6) is 11.5 Å². The number of aryl methyl sites for hydroxylation is 1. The number of ether oxygens (including phenoxy) is 1. The molecule has 0 bridgehead atoms. The highest BCUT2D eigenvalue weighted by Crippen LogP contribution is 2.25. The molecule has 0 aromatic heterocycles. The first kappa shape index (κ1) is 15.7. The number of nitrogens with zero attached hydrogens (tertiary/aromatic N) is 1. The molecule has 0 fully saturated rings. The van der Waals surface area contributed by atoms with Crippen LogP contribution in [0.25, 0.3) is 0 Å². The maximum Gasteiger partial charge on any atom is 0.136 e. The molecule has 106 valence electrons. The lowest BCUT2D eigenvalue weighted by molar-refractivity contribution is 0.481. The van der Waals surface area contributed by atoms with Crippen LogP contribution in [0, 0.1) is 6.92 Å². The molecule has 0 aliphatic rings. The average Bonchev–Trinajstić information content (AvgIpc) is 2.51. The SMILES string of the molecule is C/C(=N\N)c1ccccc1Oc1ccc(C)cc1.CN. The van der Waals surface area contributed by atoms with Gasteiger partial charge in [0.15, 0.2) is 0 Å². The second-order valence-corrected chi connectivity index (χ2v) is 4.13. The average molecular weight is 271 g/mol. The minimum Gasteiger partial charge on any atom is -0.457 e. The Hall–Kier alpha value is -2.33. The Morgan fingerprint density at radius 2 is 1.60 bits per heavy atom. The zero-order valence-electron chi connectivity index (χ0n) is 12.1. The summed E-state index contributed by atoms with van der Waals surface area (Å²) >= 11 is 0. The lowest BCUT2D eigenvalue weighted by atomic mass is 10.1. The monoisotopic (exact) mass is 271 g/mol. The minimum atomic E-state index is 0.748. The van der Waals surface area contributed by atoms with Crippen LogP contribution in [0.2, 0.25) is 0 Å². The first-order valence-electron chi connectivity index (χ1n) is 6.37. The van der Waals surface area contributed by atoms with Gasteiger partial charge in [-0.05, 0) is 45.2 Å². The van der Waals surface area contributed by atoms with Crippen LogP contribution in [-0.4, -0.2) is 12.8 Å². The molecule has 0 spiro atoms. The van der Waals surface area contributed by atoms with Gasteiger partial charge >= 0.3 is 0 Å². The molecule has 0 radical (unpaired) electrons. The van der Waals surface area contributed by atoms with Crippen LogP contribution in [0.1, 0.15) is 18.1 Å². The van der Waals surface area contributed by atoms with Gasteiger partial charge in [-0.2, -0.15) is 5.10 Å². The lowest BCUT2D eigenvalue weighted by Crippen LogP contribution is -2.01. The molecule has 0 heterocycles. The second-order valence-electron chi connectivity index (χ2n) is 4.13. The molecule has 0 unspecified atom stereocenters. The molecule has 2 aromatic rings. The Morgan fingerprint density at radius 3 is 2.20 bits per heavy atom. The van der Waals surface area contributed by atoms with Gasteiger partial charge in [0, 0.05) is 5.56 Å². The van der Waals surface area contributed by atoms with Gasteiger partial charge < -0.3 is 16.3 Å². The predicted octanol–water partition coefficient (Wildman–Crippen LogP) is 3.04. The zero-order valence-corrected chi connectivity index (χ0v) is 12.1. The normalized spacial score (nSPS) is 10.5. The molecule has 0 aliphatic heterocycles. The summed E-state index contributed by atoms with van der Waals surface area (Å²) < 4.78 is 5.85. The quantitative estimate of drug-likeness (QED) is 0.512. The third-order valence-corrected chi connectivity index (χ3v) is 2.72. The minimum absolute atomic E-state index is 0.748. The van der Waals surface area contributed by atoms with Crippen molar-refractivity contribution in [2.75, 3.05) is 7.05 Å². The van der Waals surface area contributed by atoms with Gasteiger partial charge in [0.2, 0.25) is 0 Å². The van der Waals surface area contributed by atoms with Gasteiger partial charge in [-0.25, -0.2) is 0 Å². The summed E-state index contributed by atoms with van der Waals surface area (Å²) in [5.41, 5.74) is 7.36. The summed E-state index contributed by atoms with van der Waals surface area (Å²) in [5.74, 6) is 6.88. The fourth-order valence-corrected chi connectivity index (χ4v) is 1.66. The van der Waals surface area contributed by atoms with Gasteiger partial charge in [0.25, 0.3) is 0 Å². The third kappa shape index (κ3) is 4.10. The number of nitrogens with two attached hydrogens (primary N) is 2. The van der Waals surface area contributed by atoms with E-state index in [1.54, 1.807) is 0 Å². The topological polar surface area (TPSA) is 73.6 Å². The van der Waals surface area contributed by atoms with Crippen LogP contribution in [0.3, 0.4) is 0 Å². The number of hydrazone groups is 1. The van der Waals surface area contributed by atoms with E-state index in [9.17, 15) is 0 Å². The smallest absolute Gasteiger partial charge is 0.136 e. The Balaban J connectivity index is 0.000000956. The Labute approximate surface area is 120 Å². The Kier molecular flexibility index (Phi) is 6.26. The molecule has 20 heavy (non-hydrogen) atoms. The number of hydrogen-bond donors (Lipinski definition) is 2. The maximum absolute atomic E-state index is 5.85. The maximum atomic E-state index is 5.85. The Morgan fingerprint density at radius 1 is 1.00 bits per heavy atom. The molecular formula is C16H21N3O.